The van der Waals surface area contributed by atoms with E-state index in [1.165, 1.54) is 17.9 Å². The highest BCUT2D eigenvalue weighted by Crippen LogP contribution is 2.15. The molecule has 0 spiro atoms. The third-order valence-corrected chi connectivity index (χ3v) is 5.90. The largest absolute Gasteiger partial charge is 0.460 e. The van der Waals surface area contributed by atoms with Crippen LogP contribution in [0.4, 0.5) is 0 Å². The maximum absolute atomic E-state index is 10.6. The molecule has 0 fully saturated rings. The first-order valence-corrected chi connectivity index (χ1v) is 15.2. The van der Waals surface area contributed by atoms with Crippen molar-refractivity contribution in [3.63, 3.8) is 0 Å². The molecule has 0 aromatic heterocycles. The van der Waals surface area contributed by atoms with Crippen LogP contribution in [-0.2, 0) is 19.1 Å². The van der Waals surface area contributed by atoms with Crippen LogP contribution in [0, 0.1) is 0 Å². The topological polar surface area (TPSA) is 52.6 Å². The molecule has 0 heterocycles. The molecule has 0 aliphatic heterocycles. The molecule has 0 saturated carbocycles. The quantitative estimate of drug-likeness (QED) is 0.110. The number of thioether (sulfide) groups is 2. The number of esters is 2. The molecule has 0 bridgehead atoms. The first kappa shape index (κ1) is 41.0. The maximum atomic E-state index is 10.6. The molecule has 0 N–H and O–H groups in total. The van der Waals surface area contributed by atoms with Crippen LogP contribution in [0.2, 0.25) is 0 Å². The van der Waals surface area contributed by atoms with Crippen molar-refractivity contribution < 1.29 is 19.1 Å². The maximum Gasteiger partial charge on any atom is 0.333 e. The minimum Gasteiger partial charge on any atom is -0.460 e. The van der Waals surface area contributed by atoms with Gasteiger partial charge in [0.1, 0.15) is 0 Å². The van der Waals surface area contributed by atoms with Crippen molar-refractivity contribution in [2.24, 2.45) is 0 Å². The molecule has 0 rings (SSSR count). The average molecular weight is 557 g/mol. The van der Waals surface area contributed by atoms with Gasteiger partial charge < -0.3 is 9.47 Å². The molecule has 0 aromatic carbocycles. The van der Waals surface area contributed by atoms with E-state index in [1.807, 2.05) is 0 Å². The Bertz CT molecular complexity index is 475. The van der Waals surface area contributed by atoms with E-state index in [0.29, 0.717) is 11.1 Å². The molecule has 0 radical (unpaired) electrons. The van der Waals surface area contributed by atoms with Crippen molar-refractivity contribution in [1.82, 2.24) is 0 Å². The number of hydrogen-bond acceptors (Lipinski definition) is 8. The van der Waals surface area contributed by atoms with Crippen LogP contribution < -0.4 is 0 Å². The van der Waals surface area contributed by atoms with E-state index in [-0.39, 0.29) is 24.1 Å². The first-order chi connectivity index (χ1) is 15.6. The van der Waals surface area contributed by atoms with Gasteiger partial charge in [0.2, 0.25) is 0 Å². The molecule has 0 amide bonds. The highest BCUT2D eigenvalue weighted by atomic mass is 32.2. The standard InChI is InChI=1S/C9H20S2.2C7H12O2.C3H8S2/c1-8(2)10-6-5-7-11-9(3)4;2*1-5(2)7(8)9-6(3)4;4-2-1-3-5/h8-9H,5-7H2,1-4H3;2*6H,1H2,2-4H3;4-5H,1-3H2. The molecule has 0 aromatic rings. The number of carbonyl (C=O) groups excluding carboxylic acids is 2. The van der Waals surface area contributed by atoms with E-state index in [4.69, 9.17) is 9.47 Å². The Morgan fingerprint density at radius 1 is 0.676 bits per heavy atom. The summed E-state index contributed by atoms with van der Waals surface area (Å²) in [6.07, 6.45) is 2.39. The number of thiol groups is 2. The van der Waals surface area contributed by atoms with Crippen LogP contribution in [0.25, 0.3) is 0 Å². The lowest BCUT2D eigenvalue weighted by Crippen LogP contribution is -2.11. The average Bonchev–Trinajstić information content (AvgIpc) is 2.68. The van der Waals surface area contributed by atoms with Gasteiger partial charge in [-0.25, -0.2) is 9.59 Å². The number of ether oxygens (including phenoxy) is 2. The number of rotatable bonds is 12. The van der Waals surface area contributed by atoms with Crippen molar-refractivity contribution in [3.05, 3.63) is 24.3 Å². The third-order valence-electron chi connectivity index (χ3n) is 2.89. The molecule has 8 heteroatoms. The zero-order valence-electron chi connectivity index (χ0n) is 23.3. The highest BCUT2D eigenvalue weighted by Gasteiger charge is 2.04. The summed E-state index contributed by atoms with van der Waals surface area (Å²) in [5.74, 6) is 3.96. The van der Waals surface area contributed by atoms with Gasteiger partial charge in [-0.3, -0.25) is 0 Å². The molecule has 0 unspecified atom stereocenters. The lowest BCUT2D eigenvalue weighted by Gasteiger charge is -2.05. The van der Waals surface area contributed by atoms with E-state index < -0.39 is 0 Å². The summed E-state index contributed by atoms with van der Waals surface area (Å²) in [6, 6.07) is 0. The summed E-state index contributed by atoms with van der Waals surface area (Å²) < 4.78 is 9.55. The first-order valence-electron chi connectivity index (χ1n) is 11.8. The van der Waals surface area contributed by atoms with Gasteiger partial charge >= 0.3 is 11.9 Å². The molecule has 34 heavy (non-hydrogen) atoms. The predicted octanol–water partition coefficient (Wildman–Crippen LogP) is 7.92. The molecular formula is C26H52O4S4. The van der Waals surface area contributed by atoms with Gasteiger partial charge in [0.15, 0.2) is 0 Å². The van der Waals surface area contributed by atoms with Crippen molar-refractivity contribution >= 4 is 60.7 Å². The van der Waals surface area contributed by atoms with E-state index in [1.54, 1.807) is 41.5 Å². The van der Waals surface area contributed by atoms with Crippen molar-refractivity contribution in [2.45, 2.75) is 105 Å². The molecule has 0 atom stereocenters. The Kier molecular flexibility index (Phi) is 35.0. The zero-order chi connectivity index (χ0) is 27.7. The van der Waals surface area contributed by atoms with Gasteiger partial charge in [-0.15, -0.1) is 0 Å². The van der Waals surface area contributed by atoms with Gasteiger partial charge in [0.05, 0.1) is 12.2 Å². The molecule has 0 aliphatic rings. The van der Waals surface area contributed by atoms with Gasteiger partial charge in [0, 0.05) is 11.1 Å². The second-order valence-corrected chi connectivity index (χ2v) is 12.7. The van der Waals surface area contributed by atoms with Crippen LogP contribution in [0.15, 0.2) is 24.3 Å². The number of hydrogen-bond donors (Lipinski definition) is 2. The van der Waals surface area contributed by atoms with Crippen molar-refractivity contribution in [2.75, 3.05) is 23.0 Å². The Morgan fingerprint density at radius 3 is 1.09 bits per heavy atom. The van der Waals surface area contributed by atoms with Crippen molar-refractivity contribution in [3.8, 4) is 0 Å². The smallest absolute Gasteiger partial charge is 0.333 e. The second kappa shape index (κ2) is 29.1. The van der Waals surface area contributed by atoms with Gasteiger partial charge in [0.25, 0.3) is 0 Å². The van der Waals surface area contributed by atoms with E-state index in [9.17, 15) is 9.59 Å². The lowest BCUT2D eigenvalue weighted by atomic mass is 10.3. The third kappa shape index (κ3) is 45.3. The minimum atomic E-state index is -0.315. The SMILES string of the molecule is C=C(C)C(=O)OC(C)C.C=C(C)C(=O)OC(C)C.CC(C)SCCCSC(C)C.SCCCS. The Hall–Kier alpha value is -0.180. The highest BCUT2D eigenvalue weighted by molar-refractivity contribution is 8.00. The lowest BCUT2D eigenvalue weighted by molar-refractivity contribution is -0.143. The summed E-state index contributed by atoms with van der Waals surface area (Å²) in [4.78, 5) is 21.3. The van der Waals surface area contributed by atoms with Gasteiger partial charge in [-0.1, -0.05) is 40.9 Å². The minimum absolute atomic E-state index is 0.0470. The summed E-state index contributed by atoms with van der Waals surface area (Å²) in [5.41, 5.74) is 0.896. The Labute approximate surface area is 231 Å². The Balaban J connectivity index is -0.000000182. The van der Waals surface area contributed by atoms with E-state index >= 15 is 0 Å². The molecule has 0 saturated heterocycles. The molecular weight excluding hydrogens is 505 g/mol. The van der Waals surface area contributed by atoms with Crippen molar-refractivity contribution in [1.29, 1.82) is 0 Å². The van der Waals surface area contributed by atoms with Crippen LogP contribution in [-0.4, -0.2) is 57.7 Å². The van der Waals surface area contributed by atoms with E-state index in [0.717, 1.165) is 28.4 Å². The monoisotopic (exact) mass is 556 g/mol. The fourth-order valence-corrected chi connectivity index (χ4v) is 3.71. The Morgan fingerprint density at radius 2 is 0.971 bits per heavy atom. The fourth-order valence-electron chi connectivity index (χ4n) is 1.40. The molecule has 0 aliphatic carbocycles. The summed E-state index contributed by atoms with van der Waals surface area (Å²) in [6.45, 7) is 26.4. The summed E-state index contributed by atoms with van der Waals surface area (Å²) >= 11 is 12.0. The predicted molar refractivity (Wildman–Crippen MR) is 164 cm³/mol. The number of carbonyl (C=O) groups is 2. The zero-order valence-corrected chi connectivity index (χ0v) is 26.7. The molecule has 204 valence electrons. The van der Waals surface area contributed by atoms with Crippen LogP contribution in [0.3, 0.4) is 0 Å². The van der Waals surface area contributed by atoms with Gasteiger partial charge in [-0.05, 0) is 87.9 Å². The van der Waals surface area contributed by atoms with Crippen LogP contribution in [0.1, 0.15) is 82.1 Å². The summed E-state index contributed by atoms with van der Waals surface area (Å²) in [5, 5.41) is 1.61. The second-order valence-electron chi connectivity index (χ2n) is 8.46. The normalized spacial score (nSPS) is 9.88. The van der Waals surface area contributed by atoms with Crippen LogP contribution >= 0.6 is 48.8 Å². The van der Waals surface area contributed by atoms with E-state index in [2.05, 4.69) is 89.6 Å². The fraction of sp³-hybridized carbons (Fsp3) is 0.769. The summed E-state index contributed by atoms with van der Waals surface area (Å²) in [7, 11) is 0. The van der Waals surface area contributed by atoms with Gasteiger partial charge in [-0.2, -0.15) is 48.8 Å². The molecule has 4 nitrogen and oxygen atoms in total. The van der Waals surface area contributed by atoms with Crippen LogP contribution in [0.5, 0.6) is 0 Å².